The average Bonchev–Trinajstić information content (AvgIpc) is 2.83. The third-order valence-electron chi connectivity index (χ3n) is 3.42. The van der Waals surface area contributed by atoms with Gasteiger partial charge in [0.05, 0.1) is 5.69 Å². The molecule has 0 saturated heterocycles. The van der Waals surface area contributed by atoms with Crippen LogP contribution in [0.4, 0.5) is 10.8 Å². The maximum atomic E-state index is 4.73. The van der Waals surface area contributed by atoms with Crippen molar-refractivity contribution in [1.29, 1.82) is 0 Å². The van der Waals surface area contributed by atoms with Crippen molar-refractivity contribution < 1.29 is 0 Å². The van der Waals surface area contributed by atoms with Crippen molar-refractivity contribution in [3.8, 4) is 11.3 Å². The van der Waals surface area contributed by atoms with E-state index in [-0.39, 0.29) is 0 Å². The SMILES string of the molecule is Cc1ccc(Nc2nc(-c3ccc(C)cc3)c(C)s2)cc1. The lowest BCUT2D eigenvalue weighted by Gasteiger charge is -2.02. The summed E-state index contributed by atoms with van der Waals surface area (Å²) in [7, 11) is 0. The molecule has 0 aliphatic carbocycles. The first-order valence-electron chi connectivity index (χ1n) is 7.00. The van der Waals surface area contributed by atoms with Crippen molar-refractivity contribution in [2.45, 2.75) is 20.8 Å². The van der Waals surface area contributed by atoms with Crippen molar-refractivity contribution >= 4 is 22.2 Å². The second-order valence-corrected chi connectivity index (χ2v) is 6.48. The smallest absolute Gasteiger partial charge is 0.187 e. The summed E-state index contributed by atoms with van der Waals surface area (Å²) >= 11 is 1.69. The van der Waals surface area contributed by atoms with E-state index in [0.29, 0.717) is 0 Å². The Balaban J connectivity index is 1.87. The molecule has 0 spiro atoms. The minimum atomic E-state index is 0.937. The highest BCUT2D eigenvalue weighted by Crippen LogP contribution is 2.32. The Morgan fingerprint density at radius 1 is 0.810 bits per heavy atom. The first-order valence-corrected chi connectivity index (χ1v) is 7.81. The molecular weight excluding hydrogens is 276 g/mol. The zero-order valence-electron chi connectivity index (χ0n) is 12.5. The molecule has 1 heterocycles. The number of aromatic nitrogens is 1. The van der Waals surface area contributed by atoms with Gasteiger partial charge in [-0.1, -0.05) is 47.5 Å². The van der Waals surface area contributed by atoms with Crippen LogP contribution in [-0.4, -0.2) is 4.98 Å². The molecule has 1 N–H and O–H groups in total. The van der Waals surface area contributed by atoms with Crippen molar-refractivity contribution in [2.75, 3.05) is 5.32 Å². The van der Waals surface area contributed by atoms with Crippen molar-refractivity contribution in [3.05, 3.63) is 64.5 Å². The van der Waals surface area contributed by atoms with Crippen molar-refractivity contribution in [3.63, 3.8) is 0 Å². The lowest BCUT2D eigenvalue weighted by molar-refractivity contribution is 1.35. The molecule has 1 aromatic heterocycles. The summed E-state index contributed by atoms with van der Waals surface area (Å²) < 4.78 is 0. The second kappa shape index (κ2) is 5.70. The maximum Gasteiger partial charge on any atom is 0.187 e. The first-order chi connectivity index (χ1) is 10.1. The molecule has 3 aromatic rings. The molecule has 0 bridgehead atoms. The van der Waals surface area contributed by atoms with Crippen LogP contribution in [0, 0.1) is 20.8 Å². The molecule has 3 rings (SSSR count). The summed E-state index contributed by atoms with van der Waals surface area (Å²) in [6.45, 7) is 6.31. The molecule has 0 radical (unpaired) electrons. The van der Waals surface area contributed by atoms with Crippen LogP contribution in [0.3, 0.4) is 0 Å². The minimum Gasteiger partial charge on any atom is -0.332 e. The molecule has 21 heavy (non-hydrogen) atoms. The highest BCUT2D eigenvalue weighted by Gasteiger charge is 2.09. The fourth-order valence-corrected chi connectivity index (χ4v) is 3.05. The minimum absolute atomic E-state index is 0.937. The van der Waals surface area contributed by atoms with Gasteiger partial charge in [-0.25, -0.2) is 4.98 Å². The van der Waals surface area contributed by atoms with Crippen LogP contribution >= 0.6 is 11.3 Å². The van der Waals surface area contributed by atoms with Gasteiger partial charge >= 0.3 is 0 Å². The van der Waals surface area contributed by atoms with E-state index in [9.17, 15) is 0 Å². The summed E-state index contributed by atoms with van der Waals surface area (Å²) in [4.78, 5) is 5.96. The summed E-state index contributed by atoms with van der Waals surface area (Å²) in [5, 5.41) is 4.32. The molecular formula is C18H18N2S. The fraction of sp³-hybridized carbons (Fsp3) is 0.167. The number of hydrogen-bond acceptors (Lipinski definition) is 3. The van der Waals surface area contributed by atoms with E-state index < -0.39 is 0 Å². The van der Waals surface area contributed by atoms with Gasteiger partial charge in [0.1, 0.15) is 0 Å². The molecule has 0 amide bonds. The Morgan fingerprint density at radius 3 is 2.00 bits per heavy atom. The molecule has 2 nitrogen and oxygen atoms in total. The van der Waals surface area contributed by atoms with Gasteiger partial charge in [0.15, 0.2) is 5.13 Å². The van der Waals surface area contributed by atoms with Gasteiger partial charge in [-0.05, 0) is 32.9 Å². The predicted octanol–water partition coefficient (Wildman–Crippen LogP) is 5.48. The van der Waals surface area contributed by atoms with Crippen LogP contribution in [0.2, 0.25) is 0 Å². The molecule has 0 saturated carbocycles. The Bertz CT molecular complexity index is 740. The van der Waals surface area contributed by atoms with Crippen LogP contribution in [0.1, 0.15) is 16.0 Å². The Kier molecular flexibility index (Phi) is 3.76. The second-order valence-electron chi connectivity index (χ2n) is 5.28. The van der Waals surface area contributed by atoms with Crippen LogP contribution in [0.5, 0.6) is 0 Å². The monoisotopic (exact) mass is 294 g/mol. The number of anilines is 2. The average molecular weight is 294 g/mol. The molecule has 0 aliphatic heterocycles. The van der Waals surface area contributed by atoms with Gasteiger partial charge in [-0.3, -0.25) is 0 Å². The molecule has 0 unspecified atom stereocenters. The van der Waals surface area contributed by atoms with E-state index in [0.717, 1.165) is 16.5 Å². The van der Waals surface area contributed by atoms with Crippen LogP contribution in [0.15, 0.2) is 48.5 Å². The third kappa shape index (κ3) is 3.14. The number of aryl methyl sites for hydroxylation is 3. The summed E-state index contributed by atoms with van der Waals surface area (Å²) in [6.07, 6.45) is 0. The number of hydrogen-bond donors (Lipinski definition) is 1. The van der Waals surface area contributed by atoms with E-state index in [1.165, 1.54) is 21.6 Å². The summed E-state index contributed by atoms with van der Waals surface area (Å²) in [5.74, 6) is 0. The van der Waals surface area contributed by atoms with Gasteiger partial charge in [0.25, 0.3) is 0 Å². The van der Waals surface area contributed by atoms with Crippen LogP contribution in [0.25, 0.3) is 11.3 Å². The Hall–Kier alpha value is -2.13. The lowest BCUT2D eigenvalue weighted by Crippen LogP contribution is -1.89. The van der Waals surface area contributed by atoms with Gasteiger partial charge in [0, 0.05) is 16.1 Å². The highest BCUT2D eigenvalue weighted by molar-refractivity contribution is 7.16. The predicted molar refractivity (Wildman–Crippen MR) is 91.5 cm³/mol. The quantitative estimate of drug-likeness (QED) is 0.692. The standard InChI is InChI=1S/C18H18N2S/c1-12-4-8-15(9-5-12)17-14(3)21-18(20-17)19-16-10-6-13(2)7-11-16/h4-11H,1-3H3,(H,19,20). The fourth-order valence-electron chi connectivity index (χ4n) is 2.19. The van der Waals surface area contributed by atoms with Gasteiger partial charge < -0.3 is 5.32 Å². The number of nitrogens with one attached hydrogen (secondary N) is 1. The maximum absolute atomic E-state index is 4.73. The largest absolute Gasteiger partial charge is 0.332 e. The lowest BCUT2D eigenvalue weighted by atomic mass is 10.1. The summed E-state index contributed by atoms with van der Waals surface area (Å²) in [6, 6.07) is 16.9. The zero-order chi connectivity index (χ0) is 14.8. The van der Waals surface area contributed by atoms with Gasteiger partial charge in [-0.2, -0.15) is 0 Å². The number of thiazole rings is 1. The van der Waals surface area contributed by atoms with E-state index in [2.05, 4.69) is 74.6 Å². The van der Waals surface area contributed by atoms with Crippen molar-refractivity contribution in [2.24, 2.45) is 0 Å². The topological polar surface area (TPSA) is 24.9 Å². The highest BCUT2D eigenvalue weighted by atomic mass is 32.1. The van der Waals surface area contributed by atoms with Gasteiger partial charge in [0.2, 0.25) is 0 Å². The molecule has 2 aromatic carbocycles. The van der Waals surface area contributed by atoms with E-state index in [1.807, 2.05) is 0 Å². The zero-order valence-corrected chi connectivity index (χ0v) is 13.3. The van der Waals surface area contributed by atoms with E-state index in [1.54, 1.807) is 11.3 Å². The number of rotatable bonds is 3. The summed E-state index contributed by atoms with van der Waals surface area (Å²) in [5.41, 5.74) is 5.84. The molecule has 3 heteroatoms. The molecule has 0 aliphatic rings. The van der Waals surface area contributed by atoms with E-state index in [4.69, 9.17) is 4.98 Å². The number of benzene rings is 2. The van der Waals surface area contributed by atoms with Crippen LogP contribution < -0.4 is 5.32 Å². The molecule has 106 valence electrons. The third-order valence-corrected chi connectivity index (χ3v) is 4.31. The number of nitrogens with zero attached hydrogens (tertiary/aromatic N) is 1. The normalized spacial score (nSPS) is 10.6. The Labute approximate surface area is 129 Å². The Morgan fingerprint density at radius 2 is 1.38 bits per heavy atom. The van der Waals surface area contributed by atoms with E-state index >= 15 is 0 Å². The molecule has 0 atom stereocenters. The van der Waals surface area contributed by atoms with Crippen LogP contribution in [-0.2, 0) is 0 Å². The molecule has 0 fully saturated rings. The van der Waals surface area contributed by atoms with Gasteiger partial charge in [-0.15, -0.1) is 11.3 Å². The first kappa shape index (κ1) is 13.8. The van der Waals surface area contributed by atoms with Crippen molar-refractivity contribution in [1.82, 2.24) is 4.98 Å².